The van der Waals surface area contributed by atoms with Crippen LogP contribution in [0.5, 0.6) is 0 Å². The number of hydrogen-bond donors (Lipinski definition) is 1. The third-order valence-electron chi connectivity index (χ3n) is 4.48. The summed E-state index contributed by atoms with van der Waals surface area (Å²) in [4.78, 5) is 12.2. The predicted molar refractivity (Wildman–Crippen MR) is 98.5 cm³/mol. The number of hydrogen-bond acceptors (Lipinski definition) is 3. The van der Waals surface area contributed by atoms with Crippen LogP contribution in [0.3, 0.4) is 0 Å². The van der Waals surface area contributed by atoms with Gasteiger partial charge in [0, 0.05) is 25.1 Å². The fourth-order valence-electron chi connectivity index (χ4n) is 2.79. The van der Waals surface area contributed by atoms with Gasteiger partial charge in [-0.05, 0) is 44.1 Å². The van der Waals surface area contributed by atoms with Gasteiger partial charge in [0.05, 0.1) is 12.8 Å². The van der Waals surface area contributed by atoms with Crippen molar-refractivity contribution in [3.8, 4) is 0 Å². The first-order valence-corrected chi connectivity index (χ1v) is 9.16. The zero-order chi connectivity index (χ0) is 17.5. The van der Waals surface area contributed by atoms with E-state index < -0.39 is 0 Å². The van der Waals surface area contributed by atoms with Gasteiger partial charge in [0.25, 0.3) is 0 Å². The fraction of sp³-hybridized carbons (Fsp3) is 0.500. The Bertz CT molecular complexity index is 678. The summed E-state index contributed by atoms with van der Waals surface area (Å²) >= 11 is 0. The Kier molecular flexibility index (Phi) is 6.23. The summed E-state index contributed by atoms with van der Waals surface area (Å²) in [5, 5.41) is 7.39. The third kappa shape index (κ3) is 5.71. The van der Waals surface area contributed by atoms with E-state index in [9.17, 15) is 4.79 Å². The minimum absolute atomic E-state index is 0.0345. The highest BCUT2D eigenvalue weighted by atomic mass is 16.5. The Hall–Kier alpha value is -2.14. The number of nitrogens with one attached hydrogen (secondary N) is 1. The van der Waals surface area contributed by atoms with Crippen LogP contribution in [0.15, 0.2) is 36.5 Å². The Morgan fingerprint density at radius 3 is 2.84 bits per heavy atom. The van der Waals surface area contributed by atoms with Crippen LogP contribution >= 0.6 is 0 Å². The summed E-state index contributed by atoms with van der Waals surface area (Å²) < 4.78 is 7.57. The molecule has 1 aliphatic carbocycles. The smallest absolute Gasteiger partial charge is 0.225 e. The van der Waals surface area contributed by atoms with Crippen LogP contribution < -0.4 is 5.32 Å². The van der Waals surface area contributed by atoms with Gasteiger partial charge in [-0.3, -0.25) is 4.79 Å². The molecule has 1 aromatic heterocycles. The molecule has 1 amide bonds. The molecule has 0 atom stereocenters. The van der Waals surface area contributed by atoms with Crippen LogP contribution in [-0.4, -0.2) is 28.9 Å². The van der Waals surface area contributed by atoms with Crippen molar-refractivity contribution in [1.82, 2.24) is 9.78 Å². The van der Waals surface area contributed by atoms with Crippen LogP contribution in [0.25, 0.3) is 0 Å². The fourth-order valence-corrected chi connectivity index (χ4v) is 2.79. The third-order valence-corrected chi connectivity index (χ3v) is 4.48. The monoisotopic (exact) mass is 341 g/mol. The molecule has 5 heteroatoms. The van der Waals surface area contributed by atoms with Gasteiger partial charge in [-0.15, -0.1) is 0 Å². The number of rotatable bonds is 10. The van der Waals surface area contributed by atoms with Crippen molar-refractivity contribution in [3.05, 3.63) is 47.7 Å². The van der Waals surface area contributed by atoms with Crippen molar-refractivity contribution in [1.29, 1.82) is 0 Å². The minimum atomic E-state index is 0.0345. The van der Waals surface area contributed by atoms with Crippen molar-refractivity contribution in [2.75, 3.05) is 18.5 Å². The lowest BCUT2D eigenvalue weighted by atomic mass is 10.2. The highest BCUT2D eigenvalue weighted by Gasteiger charge is 2.24. The maximum absolute atomic E-state index is 12.2. The zero-order valence-corrected chi connectivity index (χ0v) is 14.9. The SMILES string of the molecule is Cc1cnn(CC2CC2)c1NC(=O)CCCOCCc1ccccc1. The van der Waals surface area contributed by atoms with Gasteiger partial charge in [-0.2, -0.15) is 5.10 Å². The molecule has 25 heavy (non-hydrogen) atoms. The second-order valence-electron chi connectivity index (χ2n) is 6.80. The van der Waals surface area contributed by atoms with E-state index in [1.807, 2.05) is 36.0 Å². The molecule has 1 aliphatic rings. The summed E-state index contributed by atoms with van der Waals surface area (Å²) in [7, 11) is 0. The highest BCUT2D eigenvalue weighted by molar-refractivity contribution is 5.90. The number of nitrogens with zero attached hydrogens (tertiary/aromatic N) is 2. The summed E-state index contributed by atoms with van der Waals surface area (Å²) in [5.74, 6) is 1.61. The number of aryl methyl sites for hydroxylation is 1. The van der Waals surface area contributed by atoms with E-state index in [1.165, 1.54) is 18.4 Å². The standard InChI is InChI=1S/C20H27N3O2/c1-16-14-21-23(15-18-9-10-18)20(16)22-19(24)8-5-12-25-13-11-17-6-3-2-4-7-17/h2-4,6-7,14,18H,5,8-13,15H2,1H3,(H,22,24). The summed E-state index contributed by atoms with van der Waals surface area (Å²) in [6.07, 6.45) is 6.48. The van der Waals surface area contributed by atoms with E-state index in [2.05, 4.69) is 22.5 Å². The highest BCUT2D eigenvalue weighted by Crippen LogP contribution is 2.31. The van der Waals surface area contributed by atoms with Gasteiger partial charge in [0.2, 0.25) is 5.91 Å². The zero-order valence-electron chi connectivity index (χ0n) is 14.9. The number of anilines is 1. The van der Waals surface area contributed by atoms with Gasteiger partial charge >= 0.3 is 0 Å². The number of carbonyl (C=O) groups is 1. The van der Waals surface area contributed by atoms with Crippen LogP contribution in [0.2, 0.25) is 0 Å². The Morgan fingerprint density at radius 1 is 1.28 bits per heavy atom. The molecule has 2 aromatic rings. The molecule has 1 aromatic carbocycles. The molecule has 0 radical (unpaired) electrons. The number of ether oxygens (including phenoxy) is 1. The van der Waals surface area contributed by atoms with Crippen molar-refractivity contribution < 1.29 is 9.53 Å². The molecule has 0 unspecified atom stereocenters. The molecule has 5 nitrogen and oxygen atoms in total. The molecule has 0 aliphatic heterocycles. The second-order valence-corrected chi connectivity index (χ2v) is 6.80. The molecule has 134 valence electrons. The Morgan fingerprint density at radius 2 is 2.08 bits per heavy atom. The molecular formula is C20H27N3O2. The van der Waals surface area contributed by atoms with E-state index in [0.29, 0.717) is 19.6 Å². The van der Waals surface area contributed by atoms with Crippen molar-refractivity contribution in [3.63, 3.8) is 0 Å². The van der Waals surface area contributed by atoms with Gasteiger partial charge < -0.3 is 10.1 Å². The number of aromatic nitrogens is 2. The molecule has 3 rings (SSSR count). The molecule has 1 heterocycles. The van der Waals surface area contributed by atoms with E-state index in [4.69, 9.17) is 4.74 Å². The largest absolute Gasteiger partial charge is 0.381 e. The average molecular weight is 341 g/mol. The summed E-state index contributed by atoms with van der Waals surface area (Å²) in [6.45, 7) is 4.20. The van der Waals surface area contributed by atoms with E-state index in [-0.39, 0.29) is 5.91 Å². The topological polar surface area (TPSA) is 56.2 Å². The lowest BCUT2D eigenvalue weighted by molar-refractivity contribution is -0.116. The lowest BCUT2D eigenvalue weighted by Crippen LogP contribution is -2.17. The van der Waals surface area contributed by atoms with E-state index in [0.717, 1.165) is 36.7 Å². The van der Waals surface area contributed by atoms with Gasteiger partial charge in [-0.1, -0.05) is 30.3 Å². The summed E-state index contributed by atoms with van der Waals surface area (Å²) in [5.41, 5.74) is 2.30. The maximum atomic E-state index is 12.2. The molecular weight excluding hydrogens is 314 g/mol. The summed E-state index contributed by atoms with van der Waals surface area (Å²) in [6, 6.07) is 10.3. The Labute approximate surface area is 149 Å². The first kappa shape index (κ1) is 17.7. The first-order chi connectivity index (χ1) is 12.2. The second kappa shape index (κ2) is 8.81. The molecule has 1 N–H and O–H groups in total. The normalized spacial score (nSPS) is 13.8. The number of amides is 1. The number of benzene rings is 1. The predicted octanol–water partition coefficient (Wildman–Crippen LogP) is 3.58. The van der Waals surface area contributed by atoms with Crippen LogP contribution in [0, 0.1) is 12.8 Å². The average Bonchev–Trinajstić information content (AvgIpc) is 3.38. The first-order valence-electron chi connectivity index (χ1n) is 9.16. The van der Waals surface area contributed by atoms with Crippen LogP contribution in [-0.2, 0) is 22.5 Å². The van der Waals surface area contributed by atoms with Gasteiger partial charge in [0.1, 0.15) is 5.82 Å². The Balaban J connectivity index is 1.32. The van der Waals surface area contributed by atoms with Crippen LogP contribution in [0.1, 0.15) is 36.8 Å². The van der Waals surface area contributed by atoms with Gasteiger partial charge in [-0.25, -0.2) is 4.68 Å². The van der Waals surface area contributed by atoms with Crippen molar-refractivity contribution in [2.45, 2.75) is 45.6 Å². The molecule has 0 saturated heterocycles. The van der Waals surface area contributed by atoms with E-state index >= 15 is 0 Å². The van der Waals surface area contributed by atoms with E-state index in [1.54, 1.807) is 0 Å². The number of carbonyl (C=O) groups excluding carboxylic acids is 1. The molecule has 1 fully saturated rings. The van der Waals surface area contributed by atoms with Crippen molar-refractivity contribution in [2.24, 2.45) is 5.92 Å². The minimum Gasteiger partial charge on any atom is -0.381 e. The van der Waals surface area contributed by atoms with Crippen LogP contribution in [0.4, 0.5) is 5.82 Å². The van der Waals surface area contributed by atoms with Crippen molar-refractivity contribution >= 4 is 11.7 Å². The molecule has 0 bridgehead atoms. The maximum Gasteiger partial charge on any atom is 0.225 e. The van der Waals surface area contributed by atoms with Gasteiger partial charge in [0.15, 0.2) is 0 Å². The molecule has 1 saturated carbocycles. The quantitative estimate of drug-likeness (QED) is 0.672. The lowest BCUT2D eigenvalue weighted by Gasteiger charge is -2.10. The molecule has 0 spiro atoms.